The third kappa shape index (κ3) is 3.53. The predicted octanol–water partition coefficient (Wildman–Crippen LogP) is 0.979. The largest absolute Gasteiger partial charge is 0.438 e. The van der Waals surface area contributed by atoms with Crippen LogP contribution in [0.5, 0.6) is 0 Å². The molecular weight excluding hydrogens is 274 g/mol. The average Bonchev–Trinajstić information content (AvgIpc) is 2.80. The van der Waals surface area contributed by atoms with Crippen LogP contribution in [-0.4, -0.2) is 26.0 Å². The van der Waals surface area contributed by atoms with Crippen LogP contribution in [0.1, 0.15) is 48.8 Å². The minimum Gasteiger partial charge on any atom is -0.340 e. The highest BCUT2D eigenvalue weighted by Gasteiger charge is 2.31. The lowest BCUT2D eigenvalue weighted by atomic mass is 9.86. The molecule has 0 aromatic carbocycles. The molecule has 0 aliphatic carbocycles. The van der Waals surface area contributed by atoms with Gasteiger partial charge in [0.25, 0.3) is 5.91 Å². The third-order valence-corrected chi connectivity index (χ3v) is 2.91. The summed E-state index contributed by atoms with van der Waals surface area (Å²) in [6, 6.07) is 1.06. The molecule has 0 fully saturated rings. The number of nitrogens with zero attached hydrogens (tertiary/aromatic N) is 3. The average molecular weight is 291 g/mol. The van der Waals surface area contributed by atoms with Crippen LogP contribution in [0, 0.1) is 12.3 Å². The molecule has 0 spiro atoms. The Labute approximate surface area is 121 Å². The molecule has 2 aromatic heterocycles. The molecule has 1 unspecified atom stereocenters. The van der Waals surface area contributed by atoms with Gasteiger partial charge in [-0.2, -0.15) is 0 Å². The molecule has 2 heterocycles. The molecule has 2 aromatic rings. The summed E-state index contributed by atoms with van der Waals surface area (Å²) in [5.41, 5.74) is 0.567. The van der Waals surface area contributed by atoms with E-state index in [4.69, 9.17) is 0 Å². The first-order valence-electron chi connectivity index (χ1n) is 6.43. The molecular formula is C13H17N5O3. The standard InChI is InChI=1S/C13H17N5O3/c1-7-5-8(15-6-14-7)11(19)16-9(13(2,3)4)10-17-12(20)21-18-10/h5-6,9H,1-4H3,(H,16,19)(H,17,18,20). The Balaban J connectivity index is 2.28. The zero-order chi connectivity index (χ0) is 15.6. The fourth-order valence-electron chi connectivity index (χ4n) is 1.84. The van der Waals surface area contributed by atoms with Gasteiger partial charge < -0.3 is 5.32 Å². The molecule has 0 radical (unpaired) electrons. The van der Waals surface area contributed by atoms with E-state index in [9.17, 15) is 9.59 Å². The van der Waals surface area contributed by atoms with Gasteiger partial charge in [-0.15, -0.1) is 0 Å². The maximum atomic E-state index is 12.3. The van der Waals surface area contributed by atoms with Gasteiger partial charge >= 0.3 is 5.76 Å². The number of H-pyrrole nitrogens is 1. The smallest absolute Gasteiger partial charge is 0.340 e. The third-order valence-electron chi connectivity index (χ3n) is 2.91. The van der Waals surface area contributed by atoms with Crippen molar-refractivity contribution in [3.8, 4) is 0 Å². The minimum absolute atomic E-state index is 0.252. The van der Waals surface area contributed by atoms with Crippen molar-refractivity contribution in [2.75, 3.05) is 0 Å². The molecule has 1 amide bonds. The van der Waals surface area contributed by atoms with E-state index in [2.05, 4.69) is 29.9 Å². The van der Waals surface area contributed by atoms with Crippen LogP contribution < -0.4 is 11.1 Å². The Morgan fingerprint density at radius 2 is 2.10 bits per heavy atom. The zero-order valence-corrected chi connectivity index (χ0v) is 12.3. The van der Waals surface area contributed by atoms with E-state index in [1.54, 1.807) is 13.0 Å². The first-order valence-corrected chi connectivity index (χ1v) is 6.43. The zero-order valence-electron chi connectivity index (χ0n) is 12.3. The summed E-state index contributed by atoms with van der Waals surface area (Å²) in [6.07, 6.45) is 1.33. The maximum Gasteiger partial charge on any atom is 0.438 e. The molecule has 0 aliphatic rings. The predicted molar refractivity (Wildman–Crippen MR) is 73.6 cm³/mol. The molecule has 8 nitrogen and oxygen atoms in total. The van der Waals surface area contributed by atoms with E-state index < -0.39 is 11.8 Å². The summed E-state index contributed by atoms with van der Waals surface area (Å²) in [7, 11) is 0. The number of nitrogens with one attached hydrogen (secondary N) is 2. The summed E-state index contributed by atoms with van der Waals surface area (Å²) < 4.78 is 4.51. The molecule has 0 aliphatic heterocycles. The summed E-state index contributed by atoms with van der Waals surface area (Å²) in [4.78, 5) is 33.7. The number of amides is 1. The number of hydrogen-bond donors (Lipinski definition) is 2. The van der Waals surface area contributed by atoms with Crippen LogP contribution in [0.15, 0.2) is 21.7 Å². The van der Waals surface area contributed by atoms with Crippen molar-refractivity contribution >= 4 is 5.91 Å². The summed E-state index contributed by atoms with van der Waals surface area (Å²) >= 11 is 0. The monoisotopic (exact) mass is 291 g/mol. The maximum absolute atomic E-state index is 12.3. The molecule has 1 atom stereocenters. The quantitative estimate of drug-likeness (QED) is 0.871. The number of rotatable bonds is 3. The van der Waals surface area contributed by atoms with Gasteiger partial charge in [0.1, 0.15) is 12.0 Å². The Hall–Kier alpha value is -2.51. The highest BCUT2D eigenvalue weighted by molar-refractivity contribution is 5.92. The van der Waals surface area contributed by atoms with Crippen LogP contribution in [-0.2, 0) is 0 Å². The van der Waals surface area contributed by atoms with Crippen LogP contribution in [0.4, 0.5) is 0 Å². The molecule has 2 rings (SSSR count). The van der Waals surface area contributed by atoms with Crippen LogP contribution >= 0.6 is 0 Å². The van der Waals surface area contributed by atoms with Crippen LogP contribution in [0.3, 0.4) is 0 Å². The van der Waals surface area contributed by atoms with E-state index in [0.717, 1.165) is 0 Å². The first-order chi connectivity index (χ1) is 9.77. The van der Waals surface area contributed by atoms with Crippen LogP contribution in [0.25, 0.3) is 0 Å². The van der Waals surface area contributed by atoms with Gasteiger partial charge in [0.05, 0.1) is 6.04 Å². The Bertz CT molecular complexity index is 698. The van der Waals surface area contributed by atoms with E-state index in [0.29, 0.717) is 5.69 Å². The Morgan fingerprint density at radius 1 is 1.38 bits per heavy atom. The van der Waals surface area contributed by atoms with Crippen molar-refractivity contribution in [2.45, 2.75) is 33.7 Å². The fourth-order valence-corrected chi connectivity index (χ4v) is 1.84. The van der Waals surface area contributed by atoms with Crippen molar-refractivity contribution < 1.29 is 9.32 Å². The van der Waals surface area contributed by atoms with Crippen molar-refractivity contribution in [3.05, 3.63) is 40.2 Å². The number of aromatic amines is 1. The molecule has 112 valence electrons. The fraction of sp³-hybridized carbons (Fsp3) is 0.462. The lowest BCUT2D eigenvalue weighted by Gasteiger charge is -2.28. The van der Waals surface area contributed by atoms with E-state index in [1.165, 1.54) is 6.33 Å². The van der Waals surface area contributed by atoms with Crippen molar-refractivity contribution in [1.82, 2.24) is 25.4 Å². The minimum atomic E-state index is -0.661. The molecule has 0 saturated heterocycles. The number of carbonyl (C=O) groups is 1. The number of aromatic nitrogens is 4. The number of aryl methyl sites for hydroxylation is 1. The summed E-state index contributed by atoms with van der Waals surface area (Å²) in [5.74, 6) is -0.762. The topological polar surface area (TPSA) is 114 Å². The van der Waals surface area contributed by atoms with Crippen molar-refractivity contribution in [1.29, 1.82) is 0 Å². The number of carbonyl (C=O) groups excluding carboxylic acids is 1. The molecule has 0 saturated carbocycles. The van der Waals surface area contributed by atoms with Gasteiger partial charge in [-0.1, -0.05) is 25.9 Å². The van der Waals surface area contributed by atoms with E-state index in [-0.39, 0.29) is 22.8 Å². The second kappa shape index (κ2) is 5.47. The van der Waals surface area contributed by atoms with Crippen LogP contribution in [0.2, 0.25) is 0 Å². The van der Waals surface area contributed by atoms with E-state index >= 15 is 0 Å². The molecule has 2 N–H and O–H groups in total. The highest BCUT2D eigenvalue weighted by Crippen LogP contribution is 2.30. The Morgan fingerprint density at radius 3 is 2.62 bits per heavy atom. The van der Waals surface area contributed by atoms with Crippen molar-refractivity contribution in [2.24, 2.45) is 5.41 Å². The second-order valence-electron chi connectivity index (χ2n) is 5.80. The normalized spacial score (nSPS) is 13.0. The summed E-state index contributed by atoms with van der Waals surface area (Å²) in [5, 5.41) is 6.46. The van der Waals surface area contributed by atoms with E-state index in [1.807, 2.05) is 20.8 Å². The first kappa shape index (κ1) is 14.9. The Kier molecular flexibility index (Phi) is 3.88. The van der Waals surface area contributed by atoms with Gasteiger partial charge in [-0.3, -0.25) is 14.3 Å². The SMILES string of the molecule is Cc1cc(C(=O)NC(c2noc(=O)[nH]2)C(C)(C)C)ncn1. The van der Waals surface area contributed by atoms with Gasteiger partial charge in [0.15, 0.2) is 5.82 Å². The number of hydrogen-bond acceptors (Lipinski definition) is 6. The summed E-state index contributed by atoms with van der Waals surface area (Å²) in [6.45, 7) is 7.51. The molecule has 0 bridgehead atoms. The lowest BCUT2D eigenvalue weighted by Crippen LogP contribution is -2.38. The highest BCUT2D eigenvalue weighted by atomic mass is 16.5. The molecule has 21 heavy (non-hydrogen) atoms. The van der Waals surface area contributed by atoms with Gasteiger partial charge in [0.2, 0.25) is 0 Å². The molecule has 8 heteroatoms. The lowest BCUT2D eigenvalue weighted by molar-refractivity contribution is 0.0890. The van der Waals surface area contributed by atoms with Crippen molar-refractivity contribution in [3.63, 3.8) is 0 Å². The van der Waals surface area contributed by atoms with Gasteiger partial charge in [-0.25, -0.2) is 14.8 Å². The second-order valence-corrected chi connectivity index (χ2v) is 5.80. The van der Waals surface area contributed by atoms with Gasteiger partial charge in [0, 0.05) is 5.69 Å². The van der Waals surface area contributed by atoms with Gasteiger partial charge in [-0.05, 0) is 18.4 Å².